The van der Waals surface area contributed by atoms with Crippen LogP contribution in [-0.2, 0) is 14.2 Å². The van der Waals surface area contributed by atoms with E-state index in [2.05, 4.69) is 0 Å². The van der Waals surface area contributed by atoms with Crippen LogP contribution >= 0.6 is 0 Å². The molecule has 0 aliphatic heterocycles. The minimum atomic E-state index is 0.240. The van der Waals surface area contributed by atoms with E-state index in [1.54, 1.807) is 24.3 Å². The summed E-state index contributed by atoms with van der Waals surface area (Å²) in [6.45, 7) is 3.59. The van der Waals surface area contributed by atoms with Crippen molar-refractivity contribution in [1.82, 2.24) is 0 Å². The minimum Gasteiger partial charge on any atom is -0.507 e. The standard InChI is InChI=1S/C28H30O7/c29-25-9-1-7-23-21(25)5-3-11-27(23)34-19-17-32-15-13-31-14-16-33-18-20-35-28-12-4-6-22-24(28)8-2-10-26(22)30/h1-12,29-30H,13-20H2. The molecule has 0 spiro atoms. The van der Waals surface area contributed by atoms with E-state index in [1.165, 1.54) is 0 Å². The van der Waals surface area contributed by atoms with Crippen molar-refractivity contribution < 1.29 is 33.9 Å². The third kappa shape index (κ3) is 6.76. The molecule has 0 atom stereocenters. The molecule has 0 saturated carbocycles. The van der Waals surface area contributed by atoms with Crippen molar-refractivity contribution in [3.05, 3.63) is 72.8 Å². The van der Waals surface area contributed by atoms with Crippen LogP contribution in [0.2, 0.25) is 0 Å². The van der Waals surface area contributed by atoms with Crippen LogP contribution in [0.3, 0.4) is 0 Å². The topological polar surface area (TPSA) is 86.6 Å². The molecule has 0 radical (unpaired) electrons. The Bertz CT molecular complexity index is 1130. The Morgan fingerprint density at radius 3 is 1.17 bits per heavy atom. The van der Waals surface area contributed by atoms with E-state index in [0.29, 0.717) is 52.9 Å². The Hall–Kier alpha value is -3.52. The highest BCUT2D eigenvalue weighted by atomic mass is 16.6. The van der Waals surface area contributed by atoms with Gasteiger partial charge >= 0.3 is 0 Å². The Labute approximate surface area is 204 Å². The molecule has 0 aliphatic carbocycles. The molecule has 0 aromatic heterocycles. The first-order chi connectivity index (χ1) is 17.2. The summed E-state index contributed by atoms with van der Waals surface area (Å²) >= 11 is 0. The third-order valence-corrected chi connectivity index (χ3v) is 5.43. The highest BCUT2D eigenvalue weighted by Gasteiger charge is 2.06. The number of phenols is 2. The number of rotatable bonds is 14. The van der Waals surface area contributed by atoms with Crippen molar-refractivity contribution in [2.45, 2.75) is 0 Å². The lowest BCUT2D eigenvalue weighted by molar-refractivity contribution is 0.00512. The summed E-state index contributed by atoms with van der Waals surface area (Å²) in [5.41, 5.74) is 0. The number of phenolic OH excluding ortho intramolecular Hbond substituents is 2. The van der Waals surface area contributed by atoms with E-state index in [-0.39, 0.29) is 11.5 Å². The van der Waals surface area contributed by atoms with Crippen LogP contribution in [0, 0.1) is 0 Å². The van der Waals surface area contributed by atoms with E-state index >= 15 is 0 Å². The number of benzene rings is 4. The summed E-state index contributed by atoms with van der Waals surface area (Å²) in [6, 6.07) is 21.9. The zero-order chi connectivity index (χ0) is 24.3. The third-order valence-electron chi connectivity index (χ3n) is 5.43. The second-order valence-electron chi connectivity index (χ2n) is 7.79. The van der Waals surface area contributed by atoms with Crippen LogP contribution < -0.4 is 9.47 Å². The average molecular weight is 479 g/mol. The van der Waals surface area contributed by atoms with Crippen molar-refractivity contribution in [1.29, 1.82) is 0 Å². The van der Waals surface area contributed by atoms with Gasteiger partial charge in [-0.25, -0.2) is 0 Å². The van der Waals surface area contributed by atoms with Crippen molar-refractivity contribution in [2.24, 2.45) is 0 Å². The lowest BCUT2D eigenvalue weighted by Gasteiger charge is -2.11. The monoisotopic (exact) mass is 478 g/mol. The minimum absolute atomic E-state index is 0.240. The number of aromatic hydroxyl groups is 2. The molecule has 2 N–H and O–H groups in total. The van der Waals surface area contributed by atoms with Gasteiger partial charge in [-0.3, -0.25) is 0 Å². The van der Waals surface area contributed by atoms with Crippen LogP contribution in [0.1, 0.15) is 0 Å². The van der Waals surface area contributed by atoms with E-state index in [1.807, 2.05) is 48.5 Å². The lowest BCUT2D eigenvalue weighted by atomic mass is 10.1. The normalized spacial score (nSPS) is 11.2. The fourth-order valence-electron chi connectivity index (χ4n) is 3.74. The molecule has 0 bridgehead atoms. The van der Waals surface area contributed by atoms with Crippen LogP contribution in [0.15, 0.2) is 72.8 Å². The maximum Gasteiger partial charge on any atom is 0.127 e. The summed E-state index contributed by atoms with van der Waals surface area (Å²) in [4.78, 5) is 0. The molecule has 4 rings (SSSR count). The fourth-order valence-corrected chi connectivity index (χ4v) is 3.74. The zero-order valence-corrected chi connectivity index (χ0v) is 19.5. The number of hydrogen-bond acceptors (Lipinski definition) is 7. The molecular weight excluding hydrogens is 448 g/mol. The predicted molar refractivity (Wildman–Crippen MR) is 135 cm³/mol. The SMILES string of the molecule is Oc1cccc2c(OCCOCCOCCOCCOc3cccc4c(O)cccc34)cccc12. The van der Waals surface area contributed by atoms with Gasteiger partial charge in [0.05, 0.1) is 39.6 Å². The zero-order valence-electron chi connectivity index (χ0n) is 19.5. The van der Waals surface area contributed by atoms with E-state index in [0.717, 1.165) is 33.0 Å². The molecule has 4 aromatic carbocycles. The quantitative estimate of drug-likeness (QED) is 0.249. The summed E-state index contributed by atoms with van der Waals surface area (Å²) in [7, 11) is 0. The Balaban J connectivity index is 1.02. The van der Waals surface area contributed by atoms with Gasteiger partial charge in [-0.1, -0.05) is 48.5 Å². The molecule has 0 unspecified atom stereocenters. The van der Waals surface area contributed by atoms with E-state index < -0.39 is 0 Å². The largest absolute Gasteiger partial charge is 0.507 e. The van der Waals surface area contributed by atoms with Gasteiger partial charge in [-0.2, -0.15) is 0 Å². The molecule has 184 valence electrons. The first-order valence-electron chi connectivity index (χ1n) is 11.6. The first kappa shape index (κ1) is 24.6. The van der Waals surface area contributed by atoms with Crippen molar-refractivity contribution in [3.63, 3.8) is 0 Å². The molecule has 0 amide bonds. The highest BCUT2D eigenvalue weighted by molar-refractivity contribution is 5.93. The molecule has 7 heteroatoms. The first-order valence-corrected chi connectivity index (χ1v) is 11.6. The summed E-state index contributed by atoms with van der Waals surface area (Å²) in [5.74, 6) is 1.92. The van der Waals surface area contributed by atoms with Gasteiger partial charge in [-0.05, 0) is 24.3 Å². The second kappa shape index (κ2) is 12.8. The summed E-state index contributed by atoms with van der Waals surface area (Å²) < 4.78 is 28.2. The van der Waals surface area contributed by atoms with Crippen LogP contribution in [0.25, 0.3) is 21.5 Å². The summed E-state index contributed by atoms with van der Waals surface area (Å²) in [6.07, 6.45) is 0. The molecule has 7 nitrogen and oxygen atoms in total. The highest BCUT2D eigenvalue weighted by Crippen LogP contribution is 2.32. The fraction of sp³-hybridized carbons (Fsp3) is 0.286. The van der Waals surface area contributed by atoms with Gasteiger partial charge in [0.15, 0.2) is 0 Å². The second-order valence-corrected chi connectivity index (χ2v) is 7.79. The maximum absolute atomic E-state index is 9.94. The Morgan fingerprint density at radius 1 is 0.400 bits per heavy atom. The van der Waals surface area contributed by atoms with Gasteiger partial charge in [0, 0.05) is 21.5 Å². The van der Waals surface area contributed by atoms with Gasteiger partial charge in [0.25, 0.3) is 0 Å². The van der Waals surface area contributed by atoms with Crippen molar-refractivity contribution >= 4 is 21.5 Å². The van der Waals surface area contributed by atoms with Gasteiger partial charge in [-0.15, -0.1) is 0 Å². The van der Waals surface area contributed by atoms with Gasteiger partial charge in [0.1, 0.15) is 36.2 Å². The maximum atomic E-state index is 9.94. The number of fused-ring (bicyclic) bond motifs is 2. The van der Waals surface area contributed by atoms with Crippen LogP contribution in [0.4, 0.5) is 0 Å². The number of hydrogen-bond donors (Lipinski definition) is 2. The van der Waals surface area contributed by atoms with E-state index in [9.17, 15) is 10.2 Å². The molecule has 0 fully saturated rings. The van der Waals surface area contributed by atoms with E-state index in [4.69, 9.17) is 23.7 Å². The smallest absolute Gasteiger partial charge is 0.127 e. The molecular formula is C28H30O7. The Kier molecular flexibility index (Phi) is 9.00. The van der Waals surface area contributed by atoms with Crippen molar-refractivity contribution in [2.75, 3.05) is 52.9 Å². The molecule has 35 heavy (non-hydrogen) atoms. The predicted octanol–water partition coefficient (Wildman–Crippen LogP) is 4.91. The summed E-state index contributed by atoms with van der Waals surface area (Å²) in [5, 5.41) is 23.2. The molecule has 0 saturated heterocycles. The Morgan fingerprint density at radius 2 is 0.743 bits per heavy atom. The van der Waals surface area contributed by atoms with Gasteiger partial charge in [0.2, 0.25) is 0 Å². The molecule has 0 aliphatic rings. The molecule has 0 heterocycles. The molecule has 4 aromatic rings. The van der Waals surface area contributed by atoms with Crippen LogP contribution in [0.5, 0.6) is 23.0 Å². The average Bonchev–Trinajstić information content (AvgIpc) is 2.88. The lowest BCUT2D eigenvalue weighted by Crippen LogP contribution is -2.14. The van der Waals surface area contributed by atoms with Crippen LogP contribution in [-0.4, -0.2) is 63.1 Å². The van der Waals surface area contributed by atoms with Crippen molar-refractivity contribution in [3.8, 4) is 23.0 Å². The number of ether oxygens (including phenoxy) is 5. The van der Waals surface area contributed by atoms with Gasteiger partial charge < -0.3 is 33.9 Å².